The quantitative estimate of drug-likeness (QED) is 0.683. The third-order valence-electron chi connectivity index (χ3n) is 3.51. The Morgan fingerprint density at radius 1 is 1.55 bits per heavy atom. The van der Waals surface area contributed by atoms with Crippen LogP contribution in [-0.2, 0) is 17.7 Å². The number of aromatic nitrogens is 1. The SMILES string of the molecule is CCOC(=O)c1c2c([nH]c(=S)c1C#N)CCN(CC)C2. The number of hydrogen-bond donors (Lipinski definition) is 1. The predicted octanol–water partition coefficient (Wildman–Crippen LogP) is 2.17. The van der Waals surface area contributed by atoms with Gasteiger partial charge < -0.3 is 9.72 Å². The molecule has 1 N–H and O–H groups in total. The number of pyridine rings is 1. The fourth-order valence-corrected chi connectivity index (χ4v) is 2.73. The van der Waals surface area contributed by atoms with E-state index in [-0.39, 0.29) is 12.2 Å². The van der Waals surface area contributed by atoms with Crippen molar-refractivity contribution in [2.24, 2.45) is 0 Å². The molecule has 1 aliphatic rings. The summed E-state index contributed by atoms with van der Waals surface area (Å²) in [6.45, 7) is 6.56. The first kappa shape index (κ1) is 14.7. The van der Waals surface area contributed by atoms with Crippen molar-refractivity contribution in [2.45, 2.75) is 26.8 Å². The smallest absolute Gasteiger partial charge is 0.339 e. The first-order chi connectivity index (χ1) is 9.62. The molecule has 0 saturated heterocycles. The minimum Gasteiger partial charge on any atom is -0.462 e. The van der Waals surface area contributed by atoms with E-state index in [0.29, 0.717) is 16.7 Å². The fraction of sp³-hybridized carbons (Fsp3) is 0.500. The maximum absolute atomic E-state index is 12.2. The molecule has 0 atom stereocenters. The number of H-pyrrole nitrogens is 1. The Balaban J connectivity index is 2.62. The van der Waals surface area contributed by atoms with Crippen LogP contribution in [0.1, 0.15) is 41.0 Å². The van der Waals surface area contributed by atoms with E-state index in [1.807, 2.05) is 6.07 Å². The molecule has 6 heteroatoms. The van der Waals surface area contributed by atoms with Gasteiger partial charge in [-0.15, -0.1) is 0 Å². The van der Waals surface area contributed by atoms with Crippen molar-refractivity contribution in [3.05, 3.63) is 27.0 Å². The maximum atomic E-state index is 12.2. The highest BCUT2D eigenvalue weighted by molar-refractivity contribution is 7.71. The molecule has 2 rings (SSSR count). The van der Waals surface area contributed by atoms with Crippen LogP contribution in [0.15, 0.2) is 0 Å². The van der Waals surface area contributed by atoms with Gasteiger partial charge in [-0.05, 0) is 13.5 Å². The lowest BCUT2D eigenvalue weighted by molar-refractivity contribution is 0.0522. The Morgan fingerprint density at radius 3 is 2.90 bits per heavy atom. The molecule has 0 unspecified atom stereocenters. The van der Waals surface area contributed by atoms with Gasteiger partial charge in [-0.2, -0.15) is 5.26 Å². The summed E-state index contributed by atoms with van der Waals surface area (Å²) in [7, 11) is 0. The average molecular weight is 291 g/mol. The largest absolute Gasteiger partial charge is 0.462 e. The molecule has 0 radical (unpaired) electrons. The zero-order valence-corrected chi connectivity index (χ0v) is 12.5. The van der Waals surface area contributed by atoms with E-state index >= 15 is 0 Å². The molecular weight excluding hydrogens is 274 g/mol. The Labute approximate surface area is 123 Å². The standard InChI is InChI=1S/C14H17N3O2S/c1-3-17-6-5-11-10(8-17)12(14(18)19-4-2)9(7-15)13(20)16-11/h3-6,8H2,1-2H3,(H,16,20). The van der Waals surface area contributed by atoms with E-state index < -0.39 is 5.97 Å². The summed E-state index contributed by atoms with van der Waals surface area (Å²) in [5.41, 5.74) is 2.35. The lowest BCUT2D eigenvalue weighted by Crippen LogP contribution is -2.33. The highest BCUT2D eigenvalue weighted by atomic mass is 32.1. The first-order valence-electron chi connectivity index (χ1n) is 6.69. The molecule has 5 nitrogen and oxygen atoms in total. The fourth-order valence-electron chi connectivity index (χ4n) is 2.46. The van der Waals surface area contributed by atoms with Crippen molar-refractivity contribution < 1.29 is 9.53 Å². The second-order valence-electron chi connectivity index (χ2n) is 4.61. The number of rotatable bonds is 3. The molecule has 1 aliphatic heterocycles. The van der Waals surface area contributed by atoms with Gasteiger partial charge in [0, 0.05) is 30.8 Å². The van der Waals surface area contributed by atoms with E-state index in [2.05, 4.69) is 16.8 Å². The van der Waals surface area contributed by atoms with Crippen molar-refractivity contribution in [1.29, 1.82) is 5.26 Å². The maximum Gasteiger partial charge on any atom is 0.339 e. The molecule has 20 heavy (non-hydrogen) atoms. The topological polar surface area (TPSA) is 69.1 Å². The van der Waals surface area contributed by atoms with Gasteiger partial charge in [0.05, 0.1) is 12.2 Å². The molecule has 106 valence electrons. The number of esters is 1. The van der Waals surface area contributed by atoms with Crippen LogP contribution in [0.4, 0.5) is 0 Å². The number of aromatic amines is 1. The molecule has 0 aliphatic carbocycles. The van der Waals surface area contributed by atoms with E-state index in [9.17, 15) is 10.1 Å². The van der Waals surface area contributed by atoms with Crippen LogP contribution in [0.25, 0.3) is 0 Å². The molecule has 1 aromatic heterocycles. The van der Waals surface area contributed by atoms with Crippen molar-refractivity contribution in [3.8, 4) is 6.07 Å². The zero-order valence-electron chi connectivity index (χ0n) is 11.7. The summed E-state index contributed by atoms with van der Waals surface area (Å²) < 4.78 is 5.41. The molecule has 1 aromatic rings. The molecule has 0 fully saturated rings. The van der Waals surface area contributed by atoms with Crippen LogP contribution in [0.2, 0.25) is 0 Å². The van der Waals surface area contributed by atoms with Gasteiger partial charge in [0.15, 0.2) is 0 Å². The minimum atomic E-state index is -0.460. The number of nitriles is 1. The van der Waals surface area contributed by atoms with E-state index in [1.54, 1.807) is 6.92 Å². The summed E-state index contributed by atoms with van der Waals surface area (Å²) in [4.78, 5) is 17.5. The zero-order chi connectivity index (χ0) is 14.7. The molecule has 0 aromatic carbocycles. The number of nitrogens with zero attached hydrogens (tertiary/aromatic N) is 2. The van der Waals surface area contributed by atoms with Crippen LogP contribution >= 0.6 is 12.2 Å². The number of carbonyl (C=O) groups excluding carboxylic acids is 1. The van der Waals surface area contributed by atoms with Crippen molar-refractivity contribution in [3.63, 3.8) is 0 Å². The molecule has 0 spiro atoms. The summed E-state index contributed by atoms with van der Waals surface area (Å²) >= 11 is 5.19. The van der Waals surface area contributed by atoms with Crippen LogP contribution in [0.5, 0.6) is 0 Å². The predicted molar refractivity (Wildman–Crippen MR) is 77.0 cm³/mol. The lowest BCUT2D eigenvalue weighted by atomic mass is 9.96. The van der Waals surface area contributed by atoms with Crippen molar-refractivity contribution in [2.75, 3.05) is 19.7 Å². The lowest BCUT2D eigenvalue weighted by Gasteiger charge is -2.29. The summed E-state index contributed by atoms with van der Waals surface area (Å²) in [6.07, 6.45) is 0.797. The molecule has 0 bridgehead atoms. The highest BCUT2D eigenvalue weighted by Gasteiger charge is 2.26. The van der Waals surface area contributed by atoms with E-state index in [4.69, 9.17) is 17.0 Å². The third kappa shape index (κ3) is 2.60. The van der Waals surface area contributed by atoms with Gasteiger partial charge in [0.25, 0.3) is 0 Å². The number of likely N-dealkylation sites (N-methyl/N-ethyl adjacent to an activating group) is 1. The monoisotopic (exact) mass is 291 g/mol. The summed E-state index contributed by atoms with van der Waals surface area (Å²) in [5, 5.41) is 9.28. The summed E-state index contributed by atoms with van der Waals surface area (Å²) in [6, 6.07) is 2.03. The second-order valence-corrected chi connectivity index (χ2v) is 5.02. The normalized spacial score (nSPS) is 14.4. The van der Waals surface area contributed by atoms with Gasteiger partial charge in [-0.1, -0.05) is 19.1 Å². The van der Waals surface area contributed by atoms with Crippen LogP contribution < -0.4 is 0 Å². The number of hydrogen-bond acceptors (Lipinski definition) is 5. The molecular formula is C14H17N3O2S. The van der Waals surface area contributed by atoms with Gasteiger partial charge in [0.1, 0.15) is 16.3 Å². The Hall–Kier alpha value is -1.71. The van der Waals surface area contributed by atoms with Gasteiger partial charge in [-0.25, -0.2) is 4.79 Å². The van der Waals surface area contributed by atoms with E-state index in [0.717, 1.165) is 30.8 Å². The van der Waals surface area contributed by atoms with Crippen molar-refractivity contribution >= 4 is 18.2 Å². The average Bonchev–Trinajstić information content (AvgIpc) is 2.45. The third-order valence-corrected chi connectivity index (χ3v) is 3.81. The first-order valence-corrected chi connectivity index (χ1v) is 7.10. The Bertz CT molecular complexity index is 631. The second kappa shape index (κ2) is 6.16. The van der Waals surface area contributed by atoms with E-state index in [1.165, 1.54) is 0 Å². The van der Waals surface area contributed by atoms with Crippen LogP contribution in [0, 0.1) is 16.0 Å². The number of fused-ring (bicyclic) bond motifs is 1. The molecule has 0 saturated carbocycles. The number of carbonyl (C=O) groups is 1. The summed E-state index contributed by atoms with van der Waals surface area (Å²) in [5.74, 6) is -0.460. The number of ether oxygens (including phenoxy) is 1. The number of nitrogens with one attached hydrogen (secondary N) is 1. The van der Waals surface area contributed by atoms with Crippen LogP contribution in [-0.4, -0.2) is 35.5 Å². The van der Waals surface area contributed by atoms with Crippen molar-refractivity contribution in [1.82, 2.24) is 9.88 Å². The minimum absolute atomic E-state index is 0.218. The van der Waals surface area contributed by atoms with Gasteiger partial charge in [-0.3, -0.25) is 4.90 Å². The van der Waals surface area contributed by atoms with Gasteiger partial charge in [0.2, 0.25) is 0 Å². The van der Waals surface area contributed by atoms with Gasteiger partial charge >= 0.3 is 5.97 Å². The highest BCUT2D eigenvalue weighted by Crippen LogP contribution is 2.25. The molecule has 2 heterocycles. The molecule has 0 amide bonds. The van der Waals surface area contributed by atoms with Crippen LogP contribution in [0.3, 0.4) is 0 Å². The Kier molecular flexibility index (Phi) is 4.53. The Morgan fingerprint density at radius 2 is 2.30 bits per heavy atom.